The molecule has 118 valence electrons. The molecule has 4 atom stereocenters. The van der Waals surface area contributed by atoms with E-state index in [4.69, 9.17) is 4.74 Å². The molecule has 6 nitrogen and oxygen atoms in total. The van der Waals surface area contributed by atoms with Crippen LogP contribution >= 0.6 is 0 Å². The van der Waals surface area contributed by atoms with Gasteiger partial charge in [-0.3, -0.25) is 4.90 Å². The number of piperidine rings is 1. The monoisotopic (exact) mass is 297 g/mol. The van der Waals surface area contributed by atoms with Gasteiger partial charge in [0.05, 0.1) is 32.0 Å². The molecule has 0 aromatic heterocycles. The topological polar surface area (TPSA) is 93.4 Å². The van der Waals surface area contributed by atoms with Gasteiger partial charge in [0.1, 0.15) is 12.2 Å². The lowest BCUT2D eigenvalue weighted by atomic mass is 9.94. The van der Waals surface area contributed by atoms with Crippen molar-refractivity contribution >= 4 is 0 Å². The van der Waals surface area contributed by atoms with E-state index in [9.17, 15) is 20.4 Å². The predicted octanol–water partition coefficient (Wildman–Crippen LogP) is -1.04. The molecule has 0 saturated carbocycles. The standard InChI is InChI=1S/C15H23NO5/c17-9-12-14(19)15(20)13(18)8-16(12)6-7-21-10-11-4-2-1-3-5-11/h1-5,12-15,17-20H,6-10H2. The highest BCUT2D eigenvalue weighted by Gasteiger charge is 2.40. The average molecular weight is 297 g/mol. The first-order chi connectivity index (χ1) is 10.1. The fourth-order valence-corrected chi connectivity index (χ4v) is 2.58. The van der Waals surface area contributed by atoms with Crippen molar-refractivity contribution in [3.05, 3.63) is 35.9 Å². The molecule has 1 fully saturated rings. The van der Waals surface area contributed by atoms with Gasteiger partial charge in [0.2, 0.25) is 0 Å². The van der Waals surface area contributed by atoms with Gasteiger partial charge in [-0.1, -0.05) is 30.3 Å². The summed E-state index contributed by atoms with van der Waals surface area (Å²) >= 11 is 0. The molecule has 6 heteroatoms. The van der Waals surface area contributed by atoms with E-state index >= 15 is 0 Å². The first-order valence-electron chi connectivity index (χ1n) is 7.14. The quantitative estimate of drug-likeness (QED) is 0.501. The van der Waals surface area contributed by atoms with E-state index < -0.39 is 24.4 Å². The van der Waals surface area contributed by atoms with Gasteiger partial charge in [-0.15, -0.1) is 0 Å². The molecule has 2 rings (SSSR count). The molecule has 0 spiro atoms. The Labute approximate surface area is 124 Å². The van der Waals surface area contributed by atoms with E-state index in [0.717, 1.165) is 5.56 Å². The summed E-state index contributed by atoms with van der Waals surface area (Å²) in [5.41, 5.74) is 1.07. The van der Waals surface area contributed by atoms with E-state index in [1.807, 2.05) is 30.3 Å². The van der Waals surface area contributed by atoms with Crippen LogP contribution in [0, 0.1) is 0 Å². The molecule has 4 unspecified atom stereocenters. The largest absolute Gasteiger partial charge is 0.395 e. The molecule has 21 heavy (non-hydrogen) atoms. The number of ether oxygens (including phenoxy) is 1. The second kappa shape index (κ2) is 7.84. The lowest BCUT2D eigenvalue weighted by molar-refractivity contribution is -0.147. The van der Waals surface area contributed by atoms with Crippen molar-refractivity contribution in [1.82, 2.24) is 4.90 Å². The summed E-state index contributed by atoms with van der Waals surface area (Å²) in [6.45, 7) is 1.31. The van der Waals surface area contributed by atoms with Gasteiger partial charge in [0.15, 0.2) is 0 Å². The predicted molar refractivity (Wildman–Crippen MR) is 76.6 cm³/mol. The van der Waals surface area contributed by atoms with Crippen molar-refractivity contribution in [2.75, 3.05) is 26.3 Å². The maximum absolute atomic E-state index is 9.86. The highest BCUT2D eigenvalue weighted by atomic mass is 16.5. The molecule has 1 saturated heterocycles. The fraction of sp³-hybridized carbons (Fsp3) is 0.600. The fourth-order valence-electron chi connectivity index (χ4n) is 2.58. The zero-order valence-electron chi connectivity index (χ0n) is 11.9. The van der Waals surface area contributed by atoms with E-state index in [0.29, 0.717) is 19.8 Å². The van der Waals surface area contributed by atoms with E-state index in [2.05, 4.69) is 0 Å². The molecular formula is C15H23NO5. The van der Waals surface area contributed by atoms with Crippen LogP contribution in [-0.4, -0.2) is 76.0 Å². The van der Waals surface area contributed by atoms with Crippen LogP contribution in [0.3, 0.4) is 0 Å². The average Bonchev–Trinajstić information content (AvgIpc) is 2.50. The molecule has 1 aromatic rings. The number of rotatable bonds is 6. The Morgan fingerprint density at radius 2 is 1.81 bits per heavy atom. The van der Waals surface area contributed by atoms with Crippen LogP contribution in [0.1, 0.15) is 5.56 Å². The number of hydrogen-bond donors (Lipinski definition) is 4. The van der Waals surface area contributed by atoms with Crippen molar-refractivity contribution in [1.29, 1.82) is 0 Å². The van der Waals surface area contributed by atoms with Crippen LogP contribution in [0.25, 0.3) is 0 Å². The van der Waals surface area contributed by atoms with Gasteiger partial charge >= 0.3 is 0 Å². The third kappa shape index (κ3) is 4.23. The Bertz CT molecular complexity index is 416. The highest BCUT2D eigenvalue weighted by molar-refractivity contribution is 5.13. The summed E-state index contributed by atoms with van der Waals surface area (Å²) in [5.74, 6) is 0. The first kappa shape index (κ1) is 16.4. The van der Waals surface area contributed by atoms with Crippen LogP contribution in [-0.2, 0) is 11.3 Å². The summed E-state index contributed by atoms with van der Waals surface area (Å²) in [7, 11) is 0. The lowest BCUT2D eigenvalue weighted by Crippen LogP contribution is -2.62. The summed E-state index contributed by atoms with van der Waals surface area (Å²) < 4.78 is 5.56. The Morgan fingerprint density at radius 3 is 2.48 bits per heavy atom. The number of nitrogens with zero attached hydrogens (tertiary/aromatic N) is 1. The van der Waals surface area contributed by atoms with Crippen molar-refractivity contribution in [2.45, 2.75) is 31.0 Å². The minimum Gasteiger partial charge on any atom is -0.395 e. The lowest BCUT2D eigenvalue weighted by Gasteiger charge is -2.43. The SMILES string of the molecule is OCC1C(O)C(O)C(O)CN1CCOCc1ccccc1. The minimum atomic E-state index is -1.22. The summed E-state index contributed by atoms with van der Waals surface area (Å²) in [6.07, 6.45) is -3.39. The van der Waals surface area contributed by atoms with Crippen molar-refractivity contribution in [3.63, 3.8) is 0 Å². The number of hydrogen-bond acceptors (Lipinski definition) is 6. The molecular weight excluding hydrogens is 274 g/mol. The molecule has 1 heterocycles. The third-order valence-electron chi connectivity index (χ3n) is 3.85. The number of β-amino-alcohol motifs (C(OH)–C–C–N with tert-alkyl or cyclic N) is 1. The van der Waals surface area contributed by atoms with Crippen LogP contribution < -0.4 is 0 Å². The van der Waals surface area contributed by atoms with Crippen molar-refractivity contribution < 1.29 is 25.2 Å². The van der Waals surface area contributed by atoms with Crippen LogP contribution in [0.2, 0.25) is 0 Å². The molecule has 0 amide bonds. The van der Waals surface area contributed by atoms with Gasteiger partial charge in [0, 0.05) is 13.1 Å². The zero-order chi connectivity index (χ0) is 15.2. The summed E-state index contributed by atoms with van der Waals surface area (Å²) in [5, 5.41) is 38.5. The second-order valence-electron chi connectivity index (χ2n) is 5.33. The van der Waals surface area contributed by atoms with E-state index in [1.54, 1.807) is 4.90 Å². The van der Waals surface area contributed by atoms with Gasteiger partial charge in [-0.2, -0.15) is 0 Å². The van der Waals surface area contributed by atoms with Crippen molar-refractivity contribution in [2.24, 2.45) is 0 Å². The molecule has 0 bridgehead atoms. The first-order valence-corrected chi connectivity index (χ1v) is 7.14. The van der Waals surface area contributed by atoms with E-state index in [1.165, 1.54) is 0 Å². The van der Waals surface area contributed by atoms with Crippen LogP contribution in [0.5, 0.6) is 0 Å². The molecule has 1 aliphatic rings. The molecule has 4 N–H and O–H groups in total. The van der Waals surface area contributed by atoms with Gasteiger partial charge in [0.25, 0.3) is 0 Å². The smallest absolute Gasteiger partial charge is 0.109 e. The molecule has 0 radical (unpaired) electrons. The summed E-state index contributed by atoms with van der Waals surface area (Å²) in [6, 6.07) is 9.20. The minimum absolute atomic E-state index is 0.206. The van der Waals surface area contributed by atoms with Crippen LogP contribution in [0.4, 0.5) is 0 Å². The van der Waals surface area contributed by atoms with Gasteiger partial charge < -0.3 is 25.2 Å². The number of benzene rings is 1. The van der Waals surface area contributed by atoms with Crippen molar-refractivity contribution in [3.8, 4) is 0 Å². The third-order valence-corrected chi connectivity index (χ3v) is 3.85. The number of aliphatic hydroxyl groups excluding tert-OH is 4. The number of likely N-dealkylation sites (tertiary alicyclic amines) is 1. The Morgan fingerprint density at radius 1 is 1.10 bits per heavy atom. The van der Waals surface area contributed by atoms with E-state index in [-0.39, 0.29) is 13.2 Å². The molecule has 0 aliphatic carbocycles. The Balaban J connectivity index is 1.78. The Hall–Kier alpha value is -1.02. The zero-order valence-corrected chi connectivity index (χ0v) is 11.9. The Kier molecular flexibility index (Phi) is 6.10. The molecule has 1 aromatic carbocycles. The second-order valence-corrected chi connectivity index (χ2v) is 5.33. The summed E-state index contributed by atoms with van der Waals surface area (Å²) in [4.78, 5) is 1.74. The maximum Gasteiger partial charge on any atom is 0.109 e. The van der Waals surface area contributed by atoms with Crippen LogP contribution in [0.15, 0.2) is 30.3 Å². The van der Waals surface area contributed by atoms with Gasteiger partial charge in [-0.25, -0.2) is 0 Å². The maximum atomic E-state index is 9.86. The molecule has 1 aliphatic heterocycles. The van der Waals surface area contributed by atoms with Gasteiger partial charge in [-0.05, 0) is 5.56 Å². The normalized spacial score (nSPS) is 30.5. The highest BCUT2D eigenvalue weighted by Crippen LogP contribution is 2.18. The number of aliphatic hydroxyl groups is 4.